The van der Waals surface area contributed by atoms with Crippen LogP contribution in [0.4, 0.5) is 0 Å². The average molecular weight is 218 g/mol. The molecule has 0 spiro atoms. The second kappa shape index (κ2) is 3.92. The lowest BCUT2D eigenvalue weighted by atomic mass is 10.3. The Kier molecular flexibility index (Phi) is 2.60. The van der Waals surface area contributed by atoms with Crippen LogP contribution in [-0.2, 0) is 6.54 Å². The van der Waals surface area contributed by atoms with Gasteiger partial charge in [0.25, 0.3) is 5.91 Å². The van der Waals surface area contributed by atoms with Crippen LogP contribution in [0.15, 0.2) is 18.3 Å². The van der Waals surface area contributed by atoms with Gasteiger partial charge in [-0.3, -0.25) is 9.48 Å². The lowest BCUT2D eigenvalue weighted by Crippen LogP contribution is -2.19. The highest BCUT2D eigenvalue weighted by atomic mass is 16.2. The molecule has 2 heterocycles. The molecule has 0 aliphatic rings. The minimum Gasteiger partial charge on any atom is -0.265 e. The maximum atomic E-state index is 12.2. The predicted molar refractivity (Wildman–Crippen MR) is 59.3 cm³/mol. The van der Waals surface area contributed by atoms with E-state index < -0.39 is 0 Å². The van der Waals surface area contributed by atoms with E-state index in [0.29, 0.717) is 12.2 Å². The molecule has 2 aromatic heterocycles. The Hall–Kier alpha value is -1.91. The van der Waals surface area contributed by atoms with Gasteiger partial charge < -0.3 is 0 Å². The molecule has 0 N–H and O–H groups in total. The van der Waals surface area contributed by atoms with Gasteiger partial charge in [0.1, 0.15) is 5.69 Å². The van der Waals surface area contributed by atoms with Crippen molar-refractivity contribution >= 4 is 5.91 Å². The lowest BCUT2D eigenvalue weighted by molar-refractivity contribution is 0.0931. The van der Waals surface area contributed by atoms with E-state index in [1.165, 1.54) is 4.68 Å². The number of hydrogen-bond acceptors (Lipinski definition) is 3. The first kappa shape index (κ1) is 10.6. The Morgan fingerprint density at radius 1 is 1.44 bits per heavy atom. The van der Waals surface area contributed by atoms with Crippen LogP contribution in [0.2, 0.25) is 0 Å². The third kappa shape index (κ3) is 1.64. The fourth-order valence-corrected chi connectivity index (χ4v) is 1.71. The fraction of sp³-hybridized carbons (Fsp3) is 0.364. The lowest BCUT2D eigenvalue weighted by Gasteiger charge is -2.04. The first-order valence-corrected chi connectivity index (χ1v) is 5.23. The van der Waals surface area contributed by atoms with E-state index in [0.717, 1.165) is 11.4 Å². The molecule has 0 radical (unpaired) electrons. The average Bonchev–Trinajstić information content (AvgIpc) is 2.83. The summed E-state index contributed by atoms with van der Waals surface area (Å²) in [4.78, 5) is 12.2. The fourth-order valence-electron chi connectivity index (χ4n) is 1.71. The van der Waals surface area contributed by atoms with E-state index in [4.69, 9.17) is 0 Å². The molecule has 0 fully saturated rings. The summed E-state index contributed by atoms with van der Waals surface area (Å²) in [5.74, 6) is -0.134. The number of carbonyl (C=O) groups is 1. The van der Waals surface area contributed by atoms with Crippen molar-refractivity contribution in [1.82, 2.24) is 19.6 Å². The summed E-state index contributed by atoms with van der Waals surface area (Å²) in [5.41, 5.74) is 2.24. The molecule has 0 aliphatic heterocycles. The third-order valence-corrected chi connectivity index (χ3v) is 2.44. The maximum absolute atomic E-state index is 12.2. The summed E-state index contributed by atoms with van der Waals surface area (Å²) < 4.78 is 3.08. The molecule has 0 saturated carbocycles. The maximum Gasteiger partial charge on any atom is 0.296 e. The molecule has 0 bridgehead atoms. The largest absolute Gasteiger partial charge is 0.296 e. The van der Waals surface area contributed by atoms with Gasteiger partial charge in [0, 0.05) is 18.4 Å². The molecule has 16 heavy (non-hydrogen) atoms. The first-order chi connectivity index (χ1) is 7.63. The van der Waals surface area contributed by atoms with Crippen molar-refractivity contribution in [3.63, 3.8) is 0 Å². The molecule has 2 rings (SSSR count). The molecule has 0 amide bonds. The van der Waals surface area contributed by atoms with Gasteiger partial charge in [0.05, 0.1) is 5.69 Å². The molecule has 0 saturated heterocycles. The van der Waals surface area contributed by atoms with E-state index in [1.807, 2.05) is 26.8 Å². The van der Waals surface area contributed by atoms with Crippen molar-refractivity contribution in [2.45, 2.75) is 27.3 Å². The van der Waals surface area contributed by atoms with Crippen molar-refractivity contribution in [3.8, 4) is 0 Å². The van der Waals surface area contributed by atoms with Crippen LogP contribution >= 0.6 is 0 Å². The zero-order valence-electron chi connectivity index (χ0n) is 9.64. The summed E-state index contributed by atoms with van der Waals surface area (Å²) in [6.45, 7) is 6.36. The van der Waals surface area contributed by atoms with Crippen molar-refractivity contribution in [1.29, 1.82) is 0 Å². The summed E-state index contributed by atoms with van der Waals surface area (Å²) in [5, 5.41) is 8.24. The van der Waals surface area contributed by atoms with E-state index in [1.54, 1.807) is 16.9 Å². The topological polar surface area (TPSA) is 52.7 Å². The molecule has 0 aliphatic carbocycles. The van der Waals surface area contributed by atoms with E-state index in [-0.39, 0.29) is 5.91 Å². The molecular formula is C11H14N4O. The quantitative estimate of drug-likeness (QED) is 0.765. The number of aryl methyl sites for hydroxylation is 3. The Morgan fingerprint density at radius 2 is 2.19 bits per heavy atom. The molecule has 0 atom stereocenters. The molecule has 5 nitrogen and oxygen atoms in total. The third-order valence-electron chi connectivity index (χ3n) is 2.44. The van der Waals surface area contributed by atoms with Crippen LogP contribution in [-0.4, -0.2) is 25.5 Å². The predicted octanol–water partition coefficient (Wildman–Crippen LogP) is 1.40. The number of hydrogen-bond donors (Lipinski definition) is 0. The monoisotopic (exact) mass is 218 g/mol. The Labute approximate surface area is 93.7 Å². The minimum atomic E-state index is -0.134. The van der Waals surface area contributed by atoms with E-state index in [2.05, 4.69) is 10.2 Å². The van der Waals surface area contributed by atoms with Gasteiger partial charge >= 0.3 is 0 Å². The molecule has 0 unspecified atom stereocenters. The highest BCUT2D eigenvalue weighted by Gasteiger charge is 2.16. The highest BCUT2D eigenvalue weighted by Crippen LogP contribution is 2.07. The van der Waals surface area contributed by atoms with Crippen molar-refractivity contribution in [2.75, 3.05) is 0 Å². The second-order valence-electron chi connectivity index (χ2n) is 3.68. The summed E-state index contributed by atoms with van der Waals surface area (Å²) in [7, 11) is 0. The van der Waals surface area contributed by atoms with Crippen molar-refractivity contribution in [3.05, 3.63) is 35.4 Å². The number of aromatic nitrogens is 4. The molecule has 0 aromatic carbocycles. The highest BCUT2D eigenvalue weighted by molar-refractivity contribution is 5.94. The number of carbonyl (C=O) groups excluding carboxylic acids is 1. The van der Waals surface area contributed by atoms with Gasteiger partial charge in [-0.05, 0) is 32.9 Å². The molecule has 5 heteroatoms. The molecule has 84 valence electrons. The Bertz CT molecular complexity index is 524. The zero-order valence-corrected chi connectivity index (χ0v) is 9.64. The van der Waals surface area contributed by atoms with Gasteiger partial charge in [-0.25, -0.2) is 0 Å². The minimum absolute atomic E-state index is 0.134. The van der Waals surface area contributed by atoms with Crippen molar-refractivity contribution in [2.24, 2.45) is 0 Å². The van der Waals surface area contributed by atoms with E-state index >= 15 is 0 Å². The van der Waals surface area contributed by atoms with Crippen LogP contribution in [0.3, 0.4) is 0 Å². The van der Waals surface area contributed by atoms with Crippen LogP contribution in [0.1, 0.15) is 28.8 Å². The van der Waals surface area contributed by atoms with Gasteiger partial charge in [0.15, 0.2) is 0 Å². The van der Waals surface area contributed by atoms with Gasteiger partial charge in [-0.1, -0.05) is 0 Å². The molecular weight excluding hydrogens is 204 g/mol. The number of nitrogens with zero attached hydrogens (tertiary/aromatic N) is 4. The molecule has 2 aromatic rings. The van der Waals surface area contributed by atoms with Gasteiger partial charge in [-0.2, -0.15) is 14.9 Å². The first-order valence-electron chi connectivity index (χ1n) is 5.23. The van der Waals surface area contributed by atoms with E-state index in [9.17, 15) is 4.79 Å². The smallest absolute Gasteiger partial charge is 0.265 e. The summed E-state index contributed by atoms with van der Waals surface area (Å²) >= 11 is 0. The van der Waals surface area contributed by atoms with Gasteiger partial charge in [0.2, 0.25) is 0 Å². The summed E-state index contributed by atoms with van der Waals surface area (Å²) in [6.07, 6.45) is 1.63. The van der Waals surface area contributed by atoms with Crippen molar-refractivity contribution < 1.29 is 4.79 Å². The van der Waals surface area contributed by atoms with Crippen LogP contribution in [0.5, 0.6) is 0 Å². The normalized spacial score (nSPS) is 10.7. The van der Waals surface area contributed by atoms with Crippen LogP contribution in [0, 0.1) is 13.8 Å². The second-order valence-corrected chi connectivity index (χ2v) is 3.68. The SMILES string of the molecule is CCn1nccc1C(=O)n1nc(C)cc1C. The van der Waals surface area contributed by atoms with Crippen LogP contribution < -0.4 is 0 Å². The zero-order chi connectivity index (χ0) is 11.7. The Balaban J connectivity index is 2.43. The summed E-state index contributed by atoms with van der Waals surface area (Å²) in [6, 6.07) is 3.59. The van der Waals surface area contributed by atoms with Crippen LogP contribution in [0.25, 0.3) is 0 Å². The number of rotatable bonds is 2. The standard InChI is InChI=1S/C11H14N4O/c1-4-14-10(5-6-12-14)11(16)15-9(3)7-8(2)13-15/h5-7H,4H2,1-3H3. The van der Waals surface area contributed by atoms with Gasteiger partial charge in [-0.15, -0.1) is 0 Å². The Morgan fingerprint density at radius 3 is 2.75 bits per heavy atom.